The van der Waals surface area contributed by atoms with Gasteiger partial charge in [0.05, 0.1) is 0 Å². The van der Waals surface area contributed by atoms with E-state index in [0.29, 0.717) is 0 Å². The molecule has 1 heterocycles. The van der Waals surface area contributed by atoms with Crippen molar-refractivity contribution in [3.05, 3.63) is 0 Å². The highest BCUT2D eigenvalue weighted by atomic mass is 16.4. The van der Waals surface area contributed by atoms with Gasteiger partial charge in [0.25, 0.3) is 0 Å². The van der Waals surface area contributed by atoms with E-state index in [0.717, 1.165) is 24.2 Å². The molecule has 2 fully saturated rings. The van der Waals surface area contributed by atoms with Gasteiger partial charge in [-0.25, -0.2) is 9.59 Å². The molecule has 2 rings (SSSR count). The Balaban J connectivity index is 2.24. The summed E-state index contributed by atoms with van der Waals surface area (Å²) in [7, 11) is 0. The lowest BCUT2D eigenvalue weighted by Crippen LogP contribution is -2.48. The van der Waals surface area contributed by atoms with Crippen molar-refractivity contribution >= 4 is 12.1 Å². The first-order valence-electron chi connectivity index (χ1n) is 4.35. The van der Waals surface area contributed by atoms with Crippen LogP contribution in [0.1, 0.15) is 19.3 Å². The number of hydrogen-bond donors (Lipinski definition) is 2. The van der Waals surface area contributed by atoms with Crippen LogP contribution in [0.5, 0.6) is 0 Å². The first-order valence-corrected chi connectivity index (χ1v) is 4.35. The summed E-state index contributed by atoms with van der Waals surface area (Å²) in [5.41, 5.74) is 0. The number of nitrogens with zero attached hydrogens (tertiary/aromatic N) is 1. The summed E-state index contributed by atoms with van der Waals surface area (Å²) in [5, 5.41) is 17.7. The fourth-order valence-corrected chi connectivity index (χ4v) is 2.58. The summed E-state index contributed by atoms with van der Waals surface area (Å²) in [6, 6.07) is -0.847. The number of carbonyl (C=O) groups is 2. The number of piperidine rings is 1. The summed E-state index contributed by atoms with van der Waals surface area (Å²) in [5.74, 6) is -0.965. The molecule has 5 heteroatoms. The zero-order valence-electron chi connectivity index (χ0n) is 7.01. The van der Waals surface area contributed by atoms with E-state index in [1.54, 1.807) is 0 Å². The quantitative estimate of drug-likeness (QED) is 0.627. The lowest BCUT2D eigenvalue weighted by atomic mass is 9.99. The minimum absolute atomic E-state index is 0.0404. The smallest absolute Gasteiger partial charge is 0.408 e. The summed E-state index contributed by atoms with van der Waals surface area (Å²) >= 11 is 0. The lowest BCUT2D eigenvalue weighted by Gasteiger charge is -2.29. The molecular weight excluding hydrogens is 174 g/mol. The van der Waals surface area contributed by atoms with Crippen LogP contribution in [0, 0.1) is 5.92 Å². The summed E-state index contributed by atoms with van der Waals surface area (Å²) in [6.45, 7) is 0. The van der Waals surface area contributed by atoms with Crippen LogP contribution in [0.15, 0.2) is 0 Å². The molecule has 2 aliphatic rings. The highest BCUT2D eigenvalue weighted by molar-refractivity contribution is 5.81. The second-order valence-corrected chi connectivity index (χ2v) is 3.70. The van der Waals surface area contributed by atoms with Crippen LogP contribution in [0.4, 0.5) is 4.79 Å². The molecule has 72 valence electrons. The molecule has 1 aliphatic carbocycles. The predicted octanol–water partition coefficient (Wildman–Crippen LogP) is 0.602. The van der Waals surface area contributed by atoms with E-state index in [-0.39, 0.29) is 12.0 Å². The Kier molecular flexibility index (Phi) is 1.68. The molecule has 1 aliphatic heterocycles. The number of carboxylic acid groups (broad SMARTS) is 2. The standard InChI is InChI=1S/C8H11NO4/c10-7(11)6-4-1-2-5(3-4)9(6)8(12)13/h4-6H,1-3H2,(H,10,11)(H,12,13)/t4-,5+,6+/m1/s1. The van der Waals surface area contributed by atoms with Crippen LogP contribution in [-0.4, -0.2) is 39.3 Å². The highest BCUT2D eigenvalue weighted by Crippen LogP contribution is 2.42. The minimum atomic E-state index is -1.10. The van der Waals surface area contributed by atoms with E-state index in [9.17, 15) is 9.59 Å². The lowest BCUT2D eigenvalue weighted by molar-refractivity contribution is -0.144. The van der Waals surface area contributed by atoms with Crippen LogP contribution in [-0.2, 0) is 4.79 Å². The molecule has 13 heavy (non-hydrogen) atoms. The molecular formula is C8H11NO4. The van der Waals surface area contributed by atoms with Gasteiger partial charge in [-0.15, -0.1) is 0 Å². The zero-order chi connectivity index (χ0) is 9.59. The zero-order valence-corrected chi connectivity index (χ0v) is 7.01. The fourth-order valence-electron chi connectivity index (χ4n) is 2.58. The Bertz CT molecular complexity index is 239. The van der Waals surface area contributed by atoms with Gasteiger partial charge < -0.3 is 10.2 Å². The summed E-state index contributed by atoms with van der Waals surface area (Å²) in [4.78, 5) is 22.7. The van der Waals surface area contributed by atoms with Crippen LogP contribution in [0.2, 0.25) is 0 Å². The molecule has 2 bridgehead atoms. The fraction of sp³-hybridized carbons (Fsp3) is 0.750. The SMILES string of the molecule is O=C(O)[C@@H]1[C@@H]2CC[C@@H](C2)N1C(=O)O. The van der Waals surface area contributed by atoms with E-state index in [1.807, 2.05) is 0 Å². The third-order valence-corrected chi connectivity index (χ3v) is 3.06. The number of likely N-dealkylation sites (tertiary alicyclic amines) is 1. The Labute approximate surface area is 75.0 Å². The first-order chi connectivity index (χ1) is 6.11. The van der Waals surface area contributed by atoms with Crippen molar-refractivity contribution in [1.29, 1.82) is 0 Å². The average Bonchev–Trinajstić information content (AvgIpc) is 2.60. The molecule has 0 unspecified atom stereocenters. The summed E-state index contributed by atoms with van der Waals surface area (Å²) in [6.07, 6.45) is 1.30. The van der Waals surface area contributed by atoms with Gasteiger partial charge in [0.15, 0.2) is 0 Å². The molecule has 5 nitrogen and oxygen atoms in total. The molecule has 2 N–H and O–H groups in total. The third-order valence-electron chi connectivity index (χ3n) is 3.06. The van der Waals surface area contributed by atoms with Gasteiger partial charge in [0.2, 0.25) is 0 Å². The van der Waals surface area contributed by atoms with Crippen molar-refractivity contribution < 1.29 is 19.8 Å². The van der Waals surface area contributed by atoms with Gasteiger partial charge in [-0.2, -0.15) is 0 Å². The first kappa shape index (κ1) is 8.34. The van der Waals surface area contributed by atoms with E-state index in [1.165, 1.54) is 0 Å². The van der Waals surface area contributed by atoms with Crippen molar-refractivity contribution in [3.63, 3.8) is 0 Å². The van der Waals surface area contributed by atoms with Crippen molar-refractivity contribution in [2.24, 2.45) is 5.92 Å². The van der Waals surface area contributed by atoms with Crippen LogP contribution in [0.3, 0.4) is 0 Å². The van der Waals surface area contributed by atoms with E-state index in [4.69, 9.17) is 10.2 Å². The summed E-state index contributed by atoms with van der Waals surface area (Å²) < 4.78 is 0. The Morgan fingerprint density at radius 1 is 1.23 bits per heavy atom. The second-order valence-electron chi connectivity index (χ2n) is 3.70. The van der Waals surface area contributed by atoms with Crippen molar-refractivity contribution in [1.82, 2.24) is 4.90 Å². The number of fused-ring (bicyclic) bond motifs is 2. The Morgan fingerprint density at radius 3 is 2.38 bits per heavy atom. The Morgan fingerprint density at radius 2 is 1.92 bits per heavy atom. The minimum Gasteiger partial charge on any atom is -0.480 e. The predicted molar refractivity (Wildman–Crippen MR) is 42.4 cm³/mol. The topological polar surface area (TPSA) is 77.8 Å². The van der Waals surface area contributed by atoms with E-state index >= 15 is 0 Å². The molecule has 0 aromatic rings. The Hall–Kier alpha value is -1.26. The molecule has 0 spiro atoms. The third kappa shape index (κ3) is 1.07. The number of aliphatic carboxylic acids is 1. The van der Waals surface area contributed by atoms with Crippen LogP contribution < -0.4 is 0 Å². The molecule has 1 saturated carbocycles. The molecule has 3 atom stereocenters. The number of rotatable bonds is 1. The maximum atomic E-state index is 10.8. The van der Waals surface area contributed by atoms with Gasteiger partial charge in [0.1, 0.15) is 6.04 Å². The maximum absolute atomic E-state index is 10.8. The van der Waals surface area contributed by atoms with Crippen molar-refractivity contribution in [2.45, 2.75) is 31.3 Å². The van der Waals surface area contributed by atoms with Crippen LogP contribution >= 0.6 is 0 Å². The van der Waals surface area contributed by atoms with Gasteiger partial charge in [-0.3, -0.25) is 4.90 Å². The largest absolute Gasteiger partial charge is 0.480 e. The molecule has 1 saturated heterocycles. The number of hydrogen-bond acceptors (Lipinski definition) is 2. The normalized spacial score (nSPS) is 36.6. The maximum Gasteiger partial charge on any atom is 0.408 e. The van der Waals surface area contributed by atoms with Gasteiger partial charge in [-0.05, 0) is 25.2 Å². The van der Waals surface area contributed by atoms with Crippen molar-refractivity contribution in [3.8, 4) is 0 Å². The van der Waals surface area contributed by atoms with Gasteiger partial charge in [-0.1, -0.05) is 0 Å². The van der Waals surface area contributed by atoms with E-state index in [2.05, 4.69) is 0 Å². The monoisotopic (exact) mass is 185 g/mol. The van der Waals surface area contributed by atoms with E-state index < -0.39 is 18.1 Å². The highest BCUT2D eigenvalue weighted by Gasteiger charge is 2.51. The van der Waals surface area contributed by atoms with Gasteiger partial charge in [0, 0.05) is 6.04 Å². The van der Waals surface area contributed by atoms with Crippen LogP contribution in [0.25, 0.3) is 0 Å². The average molecular weight is 185 g/mol. The second kappa shape index (κ2) is 2.61. The molecule has 0 aromatic carbocycles. The molecule has 0 aromatic heterocycles. The van der Waals surface area contributed by atoms with Gasteiger partial charge >= 0.3 is 12.1 Å². The number of carboxylic acids is 1. The van der Waals surface area contributed by atoms with Crippen molar-refractivity contribution in [2.75, 3.05) is 0 Å². The molecule has 0 radical (unpaired) electrons. The molecule has 1 amide bonds. The number of amides is 1.